The van der Waals surface area contributed by atoms with Crippen LogP contribution in [0.3, 0.4) is 0 Å². The van der Waals surface area contributed by atoms with E-state index in [2.05, 4.69) is 5.32 Å². The summed E-state index contributed by atoms with van der Waals surface area (Å²) in [5.41, 5.74) is 1.68. The summed E-state index contributed by atoms with van der Waals surface area (Å²) >= 11 is 5.67. The van der Waals surface area contributed by atoms with Gasteiger partial charge < -0.3 is 5.32 Å². The van der Waals surface area contributed by atoms with Gasteiger partial charge in [-0.3, -0.25) is 9.00 Å². The van der Waals surface area contributed by atoms with Crippen LogP contribution in [-0.4, -0.2) is 16.4 Å². The van der Waals surface area contributed by atoms with Crippen LogP contribution in [0, 0.1) is 5.82 Å². The number of hydrogen-bond acceptors (Lipinski definition) is 2. The van der Waals surface area contributed by atoms with Crippen LogP contribution in [0.15, 0.2) is 42.5 Å². The summed E-state index contributed by atoms with van der Waals surface area (Å²) < 4.78 is 24.3. The normalized spacial score (nSPS) is 12.0. The summed E-state index contributed by atoms with van der Waals surface area (Å²) in [7, 11) is -0.973. The molecule has 1 amide bonds. The molecule has 21 heavy (non-hydrogen) atoms. The number of carbonyl (C=O) groups excluding carboxylic acids is 1. The van der Waals surface area contributed by atoms with Crippen molar-refractivity contribution in [3.63, 3.8) is 0 Å². The van der Waals surface area contributed by atoms with Gasteiger partial charge in [0.1, 0.15) is 5.82 Å². The molecule has 2 aromatic rings. The predicted octanol–water partition coefficient (Wildman–Crippen LogP) is 3.61. The van der Waals surface area contributed by atoms with E-state index in [-0.39, 0.29) is 10.9 Å². The molecule has 0 saturated heterocycles. The van der Waals surface area contributed by atoms with Crippen molar-refractivity contribution < 1.29 is 13.4 Å². The van der Waals surface area contributed by atoms with Gasteiger partial charge in [0.25, 0.3) is 5.91 Å². The highest BCUT2D eigenvalue weighted by Gasteiger charge is 2.09. The molecule has 110 valence electrons. The fourth-order valence-corrected chi connectivity index (χ4v) is 2.64. The molecule has 3 nitrogen and oxygen atoms in total. The minimum Gasteiger partial charge on any atom is -0.322 e. The highest BCUT2D eigenvalue weighted by Crippen LogP contribution is 2.20. The fourth-order valence-electron chi connectivity index (χ4n) is 1.81. The third-order valence-corrected chi connectivity index (χ3v) is 3.77. The van der Waals surface area contributed by atoms with Gasteiger partial charge in [0.15, 0.2) is 0 Å². The van der Waals surface area contributed by atoms with E-state index in [1.807, 2.05) is 6.07 Å². The van der Waals surface area contributed by atoms with Crippen molar-refractivity contribution >= 4 is 34.0 Å². The lowest BCUT2D eigenvalue weighted by Gasteiger charge is -2.07. The van der Waals surface area contributed by atoms with E-state index in [1.54, 1.807) is 24.5 Å². The Balaban J connectivity index is 2.16. The van der Waals surface area contributed by atoms with Gasteiger partial charge in [-0.1, -0.05) is 23.7 Å². The van der Waals surface area contributed by atoms with E-state index < -0.39 is 16.6 Å². The summed E-state index contributed by atoms with van der Waals surface area (Å²) in [4.78, 5) is 12.1. The molecule has 0 fully saturated rings. The maximum absolute atomic E-state index is 13.1. The largest absolute Gasteiger partial charge is 0.322 e. The molecule has 0 bridgehead atoms. The number of hydrogen-bond donors (Lipinski definition) is 1. The second-order valence-corrected chi connectivity index (χ2v) is 6.34. The van der Waals surface area contributed by atoms with Crippen LogP contribution in [-0.2, 0) is 16.6 Å². The highest BCUT2D eigenvalue weighted by atomic mass is 35.5. The van der Waals surface area contributed by atoms with E-state index in [4.69, 9.17) is 11.6 Å². The lowest BCUT2D eigenvalue weighted by Crippen LogP contribution is -2.12. The molecule has 0 aliphatic heterocycles. The quantitative estimate of drug-likeness (QED) is 0.933. The standard InChI is InChI=1S/C15H13ClFNO2S/c1-21(20)9-10-3-2-4-11(7-10)15(19)18-12-5-6-14(17)13(16)8-12/h2-8H,9H2,1H3,(H,18,19). The van der Waals surface area contributed by atoms with Gasteiger partial charge in [-0.15, -0.1) is 0 Å². The summed E-state index contributed by atoms with van der Waals surface area (Å²) in [6.45, 7) is 0. The van der Waals surface area contributed by atoms with Crippen LogP contribution in [0.2, 0.25) is 5.02 Å². The SMILES string of the molecule is CS(=O)Cc1cccc(C(=O)Nc2ccc(F)c(Cl)c2)c1. The molecule has 0 saturated carbocycles. The molecule has 0 heterocycles. The fraction of sp³-hybridized carbons (Fsp3) is 0.133. The van der Waals surface area contributed by atoms with Gasteiger partial charge in [0.05, 0.1) is 5.02 Å². The van der Waals surface area contributed by atoms with Gasteiger partial charge in [-0.25, -0.2) is 4.39 Å². The zero-order valence-corrected chi connectivity index (χ0v) is 12.8. The van der Waals surface area contributed by atoms with E-state index in [9.17, 15) is 13.4 Å². The smallest absolute Gasteiger partial charge is 0.255 e. The molecule has 1 atom stereocenters. The van der Waals surface area contributed by atoms with E-state index in [0.717, 1.165) is 5.56 Å². The third-order valence-electron chi connectivity index (χ3n) is 2.74. The summed E-state index contributed by atoms with van der Waals surface area (Å²) in [5, 5.41) is 2.59. The minimum atomic E-state index is -0.973. The Morgan fingerprint density at radius 2 is 2.05 bits per heavy atom. The summed E-state index contributed by atoms with van der Waals surface area (Å²) in [5.74, 6) is -0.479. The Morgan fingerprint density at radius 1 is 1.29 bits per heavy atom. The average Bonchev–Trinajstić information content (AvgIpc) is 2.42. The topological polar surface area (TPSA) is 46.2 Å². The van der Waals surface area contributed by atoms with Crippen LogP contribution in [0.25, 0.3) is 0 Å². The molecule has 2 aromatic carbocycles. The summed E-state index contributed by atoms with van der Waals surface area (Å²) in [6.07, 6.45) is 1.60. The first-order chi connectivity index (χ1) is 9.95. The van der Waals surface area contributed by atoms with E-state index >= 15 is 0 Å². The van der Waals surface area contributed by atoms with E-state index in [1.165, 1.54) is 18.2 Å². The molecule has 1 N–H and O–H groups in total. The van der Waals surface area contributed by atoms with Crippen LogP contribution >= 0.6 is 11.6 Å². The van der Waals surface area contributed by atoms with Gasteiger partial charge >= 0.3 is 0 Å². The molecule has 0 aliphatic rings. The van der Waals surface area contributed by atoms with Crippen LogP contribution in [0.1, 0.15) is 15.9 Å². The molecular formula is C15H13ClFNO2S. The zero-order valence-electron chi connectivity index (χ0n) is 11.2. The number of nitrogens with one attached hydrogen (secondary N) is 1. The molecule has 0 aliphatic carbocycles. The Labute approximate surface area is 129 Å². The second-order valence-electron chi connectivity index (χ2n) is 4.50. The molecule has 0 radical (unpaired) electrons. The molecule has 6 heteroatoms. The first-order valence-corrected chi connectivity index (χ1v) is 8.21. The van der Waals surface area contributed by atoms with E-state index in [0.29, 0.717) is 17.0 Å². The number of benzene rings is 2. The Morgan fingerprint density at radius 3 is 2.71 bits per heavy atom. The van der Waals surface area contributed by atoms with Crippen molar-refractivity contribution in [1.82, 2.24) is 0 Å². The van der Waals surface area contributed by atoms with Crippen molar-refractivity contribution in [1.29, 1.82) is 0 Å². The zero-order chi connectivity index (χ0) is 15.4. The van der Waals surface area contributed by atoms with Crippen molar-refractivity contribution in [2.45, 2.75) is 5.75 Å². The number of amides is 1. The Hall–Kier alpha value is -1.72. The Bertz CT molecular complexity index is 706. The summed E-state index contributed by atoms with van der Waals surface area (Å²) in [6, 6.07) is 10.9. The molecule has 0 aromatic heterocycles. The predicted molar refractivity (Wildman–Crippen MR) is 83.6 cm³/mol. The monoisotopic (exact) mass is 325 g/mol. The average molecular weight is 326 g/mol. The molecule has 1 unspecified atom stereocenters. The van der Waals surface area contributed by atoms with Crippen molar-refractivity contribution in [2.75, 3.05) is 11.6 Å². The van der Waals surface area contributed by atoms with Crippen LogP contribution in [0.4, 0.5) is 10.1 Å². The second kappa shape index (κ2) is 6.83. The lowest BCUT2D eigenvalue weighted by molar-refractivity contribution is 0.102. The molecule has 0 spiro atoms. The number of halogens is 2. The number of rotatable bonds is 4. The van der Waals surface area contributed by atoms with Crippen molar-refractivity contribution in [3.8, 4) is 0 Å². The van der Waals surface area contributed by atoms with Gasteiger partial charge in [-0.2, -0.15) is 0 Å². The molecule has 2 rings (SSSR count). The number of carbonyl (C=O) groups is 1. The van der Waals surface area contributed by atoms with Crippen LogP contribution in [0.5, 0.6) is 0 Å². The maximum atomic E-state index is 13.1. The first-order valence-electron chi connectivity index (χ1n) is 6.11. The maximum Gasteiger partial charge on any atom is 0.255 e. The minimum absolute atomic E-state index is 0.0528. The molecular weight excluding hydrogens is 313 g/mol. The van der Waals surface area contributed by atoms with Gasteiger partial charge in [0, 0.05) is 34.1 Å². The Kier molecular flexibility index (Phi) is 5.09. The van der Waals surface area contributed by atoms with Crippen molar-refractivity contribution in [2.24, 2.45) is 0 Å². The number of anilines is 1. The third kappa shape index (κ3) is 4.37. The lowest BCUT2D eigenvalue weighted by atomic mass is 10.1. The van der Waals surface area contributed by atoms with Crippen molar-refractivity contribution in [3.05, 3.63) is 64.4 Å². The first kappa shape index (κ1) is 15.7. The highest BCUT2D eigenvalue weighted by molar-refractivity contribution is 7.83. The van der Waals surface area contributed by atoms with Gasteiger partial charge in [0.2, 0.25) is 0 Å². The van der Waals surface area contributed by atoms with Crippen LogP contribution < -0.4 is 5.32 Å². The van der Waals surface area contributed by atoms with Gasteiger partial charge in [-0.05, 0) is 35.9 Å².